The number of carboxylic acids is 1. The number of hydrogen-bond acceptors (Lipinski definition) is 6. The minimum atomic E-state index is -0.966. The van der Waals surface area contributed by atoms with Gasteiger partial charge in [0.2, 0.25) is 11.7 Å². The first-order valence-corrected chi connectivity index (χ1v) is 7.42. The Kier molecular flexibility index (Phi) is 3.65. The van der Waals surface area contributed by atoms with Gasteiger partial charge in [-0.15, -0.1) is 10.2 Å². The van der Waals surface area contributed by atoms with E-state index >= 15 is 0 Å². The van der Waals surface area contributed by atoms with Crippen molar-refractivity contribution in [3.8, 4) is 11.4 Å². The van der Waals surface area contributed by atoms with Crippen molar-refractivity contribution in [2.24, 2.45) is 0 Å². The summed E-state index contributed by atoms with van der Waals surface area (Å²) in [4.78, 5) is 25.8. The summed E-state index contributed by atoms with van der Waals surface area (Å²) in [5.74, 6) is -0.805. The van der Waals surface area contributed by atoms with Crippen LogP contribution < -0.4 is 0 Å². The van der Waals surface area contributed by atoms with Gasteiger partial charge in [-0.2, -0.15) is 16.1 Å². The van der Waals surface area contributed by atoms with Crippen LogP contribution in [-0.4, -0.2) is 54.7 Å². The Morgan fingerprint density at radius 1 is 1.48 bits per heavy atom. The molecule has 110 valence electrons. The average molecular weight is 307 g/mol. The highest BCUT2D eigenvalue weighted by molar-refractivity contribution is 7.08. The lowest BCUT2D eigenvalue weighted by atomic mass is 10.2. The van der Waals surface area contributed by atoms with E-state index < -0.39 is 12.0 Å². The molecule has 1 atom stereocenters. The van der Waals surface area contributed by atoms with Gasteiger partial charge >= 0.3 is 5.97 Å². The van der Waals surface area contributed by atoms with Crippen molar-refractivity contribution >= 4 is 23.2 Å². The number of aliphatic carboxylic acids is 1. The lowest BCUT2D eigenvalue weighted by Gasteiger charge is -2.20. The third kappa shape index (κ3) is 2.77. The van der Waals surface area contributed by atoms with Crippen molar-refractivity contribution in [2.75, 3.05) is 6.54 Å². The van der Waals surface area contributed by atoms with Crippen LogP contribution in [0.3, 0.4) is 0 Å². The lowest BCUT2D eigenvalue weighted by Crippen LogP contribution is -2.42. The van der Waals surface area contributed by atoms with Crippen molar-refractivity contribution in [1.29, 1.82) is 0 Å². The van der Waals surface area contributed by atoms with E-state index in [4.69, 9.17) is 5.11 Å². The van der Waals surface area contributed by atoms with Crippen molar-refractivity contribution in [3.05, 3.63) is 16.8 Å². The molecule has 0 saturated carbocycles. The quantitative estimate of drug-likeness (QED) is 0.881. The van der Waals surface area contributed by atoms with Crippen LogP contribution in [-0.2, 0) is 16.1 Å². The van der Waals surface area contributed by atoms with Gasteiger partial charge in [0.05, 0.1) is 0 Å². The summed E-state index contributed by atoms with van der Waals surface area (Å²) in [7, 11) is 0. The molecule has 3 rings (SSSR count). The normalized spacial score (nSPS) is 18.1. The first-order valence-electron chi connectivity index (χ1n) is 6.48. The molecule has 1 aliphatic rings. The number of rotatable bonds is 4. The third-order valence-electron chi connectivity index (χ3n) is 3.37. The van der Waals surface area contributed by atoms with Gasteiger partial charge in [0, 0.05) is 17.5 Å². The Hall–Kier alpha value is -2.29. The highest BCUT2D eigenvalue weighted by atomic mass is 32.1. The topological polar surface area (TPSA) is 101 Å². The van der Waals surface area contributed by atoms with Gasteiger partial charge in [-0.3, -0.25) is 4.79 Å². The van der Waals surface area contributed by atoms with E-state index in [1.54, 1.807) is 0 Å². The van der Waals surface area contributed by atoms with Gasteiger partial charge in [0.1, 0.15) is 12.6 Å². The molecule has 1 amide bonds. The number of hydrogen-bond donors (Lipinski definition) is 1. The first-order chi connectivity index (χ1) is 10.1. The van der Waals surface area contributed by atoms with Gasteiger partial charge in [-0.25, -0.2) is 4.79 Å². The summed E-state index contributed by atoms with van der Waals surface area (Å²) in [5.41, 5.74) is 0.850. The summed E-state index contributed by atoms with van der Waals surface area (Å²) in [6.07, 6.45) is 1.19. The smallest absolute Gasteiger partial charge is 0.326 e. The summed E-state index contributed by atoms with van der Waals surface area (Å²) >= 11 is 1.52. The van der Waals surface area contributed by atoms with Gasteiger partial charge in [-0.1, -0.05) is 0 Å². The van der Waals surface area contributed by atoms with E-state index in [-0.39, 0.29) is 12.5 Å². The minimum absolute atomic E-state index is 0.0963. The van der Waals surface area contributed by atoms with Gasteiger partial charge in [0.15, 0.2) is 0 Å². The maximum atomic E-state index is 12.2. The molecule has 1 aliphatic heterocycles. The lowest BCUT2D eigenvalue weighted by molar-refractivity contribution is -0.148. The Labute approximate surface area is 124 Å². The third-order valence-corrected chi connectivity index (χ3v) is 4.05. The molecular formula is C12H13N5O3S. The molecule has 2 aromatic rings. The molecule has 3 heterocycles. The van der Waals surface area contributed by atoms with E-state index in [0.717, 1.165) is 5.56 Å². The van der Waals surface area contributed by atoms with Crippen molar-refractivity contribution in [2.45, 2.75) is 25.4 Å². The number of carbonyl (C=O) groups is 2. The first kappa shape index (κ1) is 13.7. The maximum absolute atomic E-state index is 12.2. The molecule has 0 bridgehead atoms. The largest absolute Gasteiger partial charge is 0.480 e. The number of carboxylic acid groups (broad SMARTS) is 1. The Morgan fingerprint density at radius 2 is 2.33 bits per heavy atom. The zero-order valence-corrected chi connectivity index (χ0v) is 11.9. The van der Waals surface area contributed by atoms with Crippen LogP contribution in [0.5, 0.6) is 0 Å². The van der Waals surface area contributed by atoms with Crippen molar-refractivity contribution < 1.29 is 14.7 Å². The fraction of sp³-hybridized carbons (Fsp3) is 0.417. The number of amides is 1. The van der Waals surface area contributed by atoms with Crippen molar-refractivity contribution in [1.82, 2.24) is 25.1 Å². The molecule has 0 unspecified atom stereocenters. The predicted molar refractivity (Wildman–Crippen MR) is 73.5 cm³/mol. The molecule has 0 spiro atoms. The summed E-state index contributed by atoms with van der Waals surface area (Å²) in [5, 5.41) is 24.8. The standard InChI is InChI=1S/C12H13N5O3S/c18-10(16-4-1-2-9(16)12(19)20)6-17-14-11(13-15-17)8-3-5-21-7-8/h3,5,7,9H,1-2,4,6H2,(H,19,20)/t9-/m0/s1. The number of thiophene rings is 1. The molecule has 1 N–H and O–H groups in total. The minimum Gasteiger partial charge on any atom is -0.480 e. The summed E-state index contributed by atoms with van der Waals surface area (Å²) < 4.78 is 0. The Balaban J connectivity index is 1.69. The second-order valence-electron chi connectivity index (χ2n) is 4.74. The second-order valence-corrected chi connectivity index (χ2v) is 5.52. The van der Waals surface area contributed by atoms with Crippen LogP contribution in [0.25, 0.3) is 11.4 Å². The molecule has 0 radical (unpaired) electrons. The number of nitrogens with zero attached hydrogens (tertiary/aromatic N) is 5. The number of likely N-dealkylation sites (tertiary alicyclic amines) is 1. The van der Waals surface area contributed by atoms with Crippen LogP contribution in [0, 0.1) is 0 Å². The molecule has 9 heteroatoms. The fourth-order valence-electron chi connectivity index (χ4n) is 2.35. The molecule has 2 aromatic heterocycles. The molecule has 1 fully saturated rings. The monoisotopic (exact) mass is 307 g/mol. The van der Waals surface area contributed by atoms with Crippen LogP contribution in [0.4, 0.5) is 0 Å². The molecule has 21 heavy (non-hydrogen) atoms. The van der Waals surface area contributed by atoms with Gasteiger partial charge in [-0.05, 0) is 29.5 Å². The van der Waals surface area contributed by atoms with Gasteiger partial charge in [0.25, 0.3) is 0 Å². The summed E-state index contributed by atoms with van der Waals surface area (Å²) in [6, 6.07) is 1.13. The summed E-state index contributed by atoms with van der Waals surface area (Å²) in [6.45, 7) is 0.364. The van der Waals surface area contributed by atoms with E-state index in [1.165, 1.54) is 21.0 Å². The fourth-order valence-corrected chi connectivity index (χ4v) is 2.99. The molecule has 8 nitrogen and oxygen atoms in total. The molecule has 0 aliphatic carbocycles. The van der Waals surface area contributed by atoms with E-state index in [2.05, 4.69) is 15.4 Å². The highest BCUT2D eigenvalue weighted by Crippen LogP contribution is 2.19. The van der Waals surface area contributed by atoms with Crippen LogP contribution in [0.15, 0.2) is 16.8 Å². The van der Waals surface area contributed by atoms with Crippen LogP contribution in [0.2, 0.25) is 0 Å². The average Bonchev–Trinajstić information content (AvgIpc) is 3.19. The van der Waals surface area contributed by atoms with Crippen LogP contribution in [0.1, 0.15) is 12.8 Å². The second kappa shape index (κ2) is 5.60. The van der Waals surface area contributed by atoms with E-state index in [1.807, 2.05) is 16.8 Å². The van der Waals surface area contributed by atoms with Crippen molar-refractivity contribution in [3.63, 3.8) is 0 Å². The maximum Gasteiger partial charge on any atom is 0.326 e. The molecule has 1 saturated heterocycles. The highest BCUT2D eigenvalue weighted by Gasteiger charge is 2.34. The molecule has 0 aromatic carbocycles. The number of aromatic nitrogens is 4. The zero-order valence-electron chi connectivity index (χ0n) is 11.0. The number of tetrazole rings is 1. The van der Waals surface area contributed by atoms with Gasteiger partial charge < -0.3 is 10.0 Å². The SMILES string of the molecule is O=C(O)[C@@H]1CCCN1C(=O)Cn1nnc(-c2ccsc2)n1. The van der Waals surface area contributed by atoms with E-state index in [9.17, 15) is 9.59 Å². The predicted octanol–water partition coefficient (Wildman–Crippen LogP) is 0.477. The van der Waals surface area contributed by atoms with Crippen LogP contribution >= 0.6 is 11.3 Å². The number of carbonyl (C=O) groups excluding carboxylic acids is 1. The Bertz CT molecular complexity index is 654. The molecular weight excluding hydrogens is 294 g/mol. The Morgan fingerprint density at radius 3 is 3.05 bits per heavy atom. The zero-order chi connectivity index (χ0) is 14.8. The van der Waals surface area contributed by atoms with E-state index in [0.29, 0.717) is 25.2 Å².